The van der Waals surface area contributed by atoms with E-state index in [9.17, 15) is 13.2 Å². The molecule has 4 rings (SSSR count). The fourth-order valence-corrected chi connectivity index (χ4v) is 6.37. The topological polar surface area (TPSA) is 71.7 Å². The number of carbonyl (C=O) groups is 1. The van der Waals surface area contributed by atoms with Crippen LogP contribution in [0.2, 0.25) is 0 Å². The zero-order valence-corrected chi connectivity index (χ0v) is 18.7. The summed E-state index contributed by atoms with van der Waals surface area (Å²) < 4.78 is 30.4. The van der Waals surface area contributed by atoms with Gasteiger partial charge in [-0.1, -0.05) is 41.2 Å². The maximum Gasteiger partial charge on any atom is 0.251 e. The summed E-state index contributed by atoms with van der Waals surface area (Å²) in [4.78, 5) is 18.3. The molecule has 2 heterocycles. The highest BCUT2D eigenvalue weighted by atomic mass is 32.2. The SMILES string of the molecule is CCn1c(=NC(=O)C2CCN(S(=O)(=O)c3ccc(C)cc3)CC2)sc2ccccc21. The van der Waals surface area contributed by atoms with Gasteiger partial charge in [-0.25, -0.2) is 8.42 Å². The lowest BCUT2D eigenvalue weighted by Gasteiger charge is -2.29. The molecule has 6 nitrogen and oxygen atoms in total. The van der Waals surface area contributed by atoms with Crippen molar-refractivity contribution in [1.29, 1.82) is 0 Å². The summed E-state index contributed by atoms with van der Waals surface area (Å²) in [6, 6.07) is 14.9. The van der Waals surface area contributed by atoms with Crippen molar-refractivity contribution >= 4 is 37.5 Å². The van der Waals surface area contributed by atoms with Crippen molar-refractivity contribution in [2.75, 3.05) is 13.1 Å². The Balaban J connectivity index is 1.50. The number of hydrogen-bond donors (Lipinski definition) is 0. The van der Waals surface area contributed by atoms with E-state index in [0.29, 0.717) is 35.6 Å². The zero-order chi connectivity index (χ0) is 21.3. The van der Waals surface area contributed by atoms with Crippen LogP contribution in [0.4, 0.5) is 0 Å². The van der Waals surface area contributed by atoms with Gasteiger partial charge in [-0.15, -0.1) is 0 Å². The van der Waals surface area contributed by atoms with E-state index in [1.54, 1.807) is 24.3 Å². The van der Waals surface area contributed by atoms with Crippen LogP contribution in [-0.4, -0.2) is 36.3 Å². The molecule has 0 atom stereocenters. The minimum Gasteiger partial charge on any atom is -0.317 e. The van der Waals surface area contributed by atoms with Crippen molar-refractivity contribution in [2.24, 2.45) is 10.9 Å². The largest absolute Gasteiger partial charge is 0.317 e. The third kappa shape index (κ3) is 3.99. The molecule has 0 radical (unpaired) electrons. The summed E-state index contributed by atoms with van der Waals surface area (Å²) in [7, 11) is -3.53. The first-order chi connectivity index (χ1) is 14.4. The molecule has 0 N–H and O–H groups in total. The first-order valence-electron chi connectivity index (χ1n) is 10.1. The maximum atomic E-state index is 12.9. The van der Waals surface area contributed by atoms with Gasteiger partial charge < -0.3 is 4.57 Å². The summed E-state index contributed by atoms with van der Waals surface area (Å²) >= 11 is 1.51. The Hall–Kier alpha value is -2.29. The van der Waals surface area contributed by atoms with Crippen LogP contribution >= 0.6 is 11.3 Å². The normalized spacial score (nSPS) is 16.9. The van der Waals surface area contributed by atoms with Gasteiger partial charge >= 0.3 is 0 Å². The predicted octanol–water partition coefficient (Wildman–Crippen LogP) is 3.56. The molecule has 0 saturated carbocycles. The van der Waals surface area contributed by atoms with Gasteiger partial charge in [0, 0.05) is 25.6 Å². The quantitative estimate of drug-likeness (QED) is 0.619. The van der Waals surface area contributed by atoms with Gasteiger partial charge in [0.25, 0.3) is 5.91 Å². The standard InChI is InChI=1S/C22H25N3O3S2/c1-3-25-19-6-4-5-7-20(19)29-22(25)23-21(26)17-12-14-24(15-13-17)30(27,28)18-10-8-16(2)9-11-18/h4-11,17H,3,12-15H2,1-2H3. The summed E-state index contributed by atoms with van der Waals surface area (Å²) in [6.07, 6.45) is 0.981. The zero-order valence-electron chi connectivity index (χ0n) is 17.1. The third-order valence-corrected chi connectivity index (χ3v) is 8.54. The molecule has 0 unspecified atom stereocenters. The Morgan fingerprint density at radius 3 is 2.43 bits per heavy atom. The maximum absolute atomic E-state index is 12.9. The Kier molecular flexibility index (Phi) is 5.90. The van der Waals surface area contributed by atoms with E-state index in [0.717, 1.165) is 22.3 Å². The smallest absolute Gasteiger partial charge is 0.251 e. The predicted molar refractivity (Wildman–Crippen MR) is 119 cm³/mol. The number of aromatic nitrogens is 1. The number of hydrogen-bond acceptors (Lipinski definition) is 4. The minimum atomic E-state index is -3.53. The van der Waals surface area contributed by atoms with Gasteiger partial charge in [-0.2, -0.15) is 9.30 Å². The number of thiazole rings is 1. The Labute approximate surface area is 180 Å². The molecule has 8 heteroatoms. The molecule has 2 aromatic carbocycles. The number of amides is 1. The second-order valence-corrected chi connectivity index (χ2v) is 10.5. The number of nitrogens with zero attached hydrogens (tertiary/aromatic N) is 3. The van der Waals surface area contributed by atoms with Crippen LogP contribution in [-0.2, 0) is 21.4 Å². The van der Waals surface area contributed by atoms with Gasteiger partial charge in [-0.05, 0) is 51.0 Å². The van der Waals surface area contributed by atoms with Crippen LogP contribution in [0, 0.1) is 12.8 Å². The van der Waals surface area contributed by atoms with Crippen LogP contribution in [0.15, 0.2) is 58.4 Å². The lowest BCUT2D eigenvalue weighted by atomic mass is 9.98. The molecule has 1 aromatic heterocycles. The fraction of sp³-hybridized carbons (Fsp3) is 0.364. The lowest BCUT2D eigenvalue weighted by molar-refractivity contribution is -0.122. The molecular weight excluding hydrogens is 418 g/mol. The summed E-state index contributed by atoms with van der Waals surface area (Å²) in [6.45, 7) is 5.38. The van der Waals surface area contributed by atoms with Crippen molar-refractivity contribution in [3.63, 3.8) is 0 Å². The van der Waals surface area contributed by atoms with Gasteiger partial charge in [0.1, 0.15) is 0 Å². The van der Waals surface area contributed by atoms with Crippen LogP contribution < -0.4 is 4.80 Å². The van der Waals surface area contributed by atoms with Crippen molar-refractivity contribution in [3.05, 3.63) is 58.9 Å². The fourth-order valence-electron chi connectivity index (χ4n) is 3.80. The first kappa shape index (κ1) is 21.0. The second-order valence-electron chi connectivity index (χ2n) is 7.54. The monoisotopic (exact) mass is 443 g/mol. The van der Waals surface area contributed by atoms with Crippen LogP contribution in [0.1, 0.15) is 25.3 Å². The van der Waals surface area contributed by atoms with Gasteiger partial charge in [0.15, 0.2) is 4.80 Å². The van der Waals surface area contributed by atoms with Gasteiger partial charge in [0.05, 0.1) is 15.1 Å². The average Bonchev–Trinajstić information content (AvgIpc) is 3.11. The van der Waals surface area contributed by atoms with E-state index in [-0.39, 0.29) is 11.8 Å². The number of fused-ring (bicyclic) bond motifs is 1. The van der Waals surface area contributed by atoms with Crippen molar-refractivity contribution < 1.29 is 13.2 Å². The Bertz CT molecular complexity index is 1230. The molecule has 1 amide bonds. The minimum absolute atomic E-state index is 0.156. The number of sulfonamides is 1. The van der Waals surface area contributed by atoms with E-state index in [1.807, 2.05) is 38.1 Å². The molecule has 1 aliphatic rings. The number of aryl methyl sites for hydroxylation is 2. The van der Waals surface area contributed by atoms with E-state index in [1.165, 1.54) is 15.6 Å². The molecule has 1 aliphatic heterocycles. The van der Waals surface area contributed by atoms with E-state index >= 15 is 0 Å². The van der Waals surface area contributed by atoms with Crippen LogP contribution in [0.25, 0.3) is 10.2 Å². The highest BCUT2D eigenvalue weighted by Gasteiger charge is 2.32. The molecular formula is C22H25N3O3S2. The number of benzene rings is 2. The average molecular weight is 444 g/mol. The van der Waals surface area contributed by atoms with E-state index in [2.05, 4.69) is 9.56 Å². The summed E-state index contributed by atoms with van der Waals surface area (Å²) in [5, 5.41) is 0. The third-order valence-electron chi connectivity index (χ3n) is 5.57. The number of rotatable bonds is 4. The Morgan fingerprint density at radius 2 is 1.77 bits per heavy atom. The number of carbonyl (C=O) groups excluding carboxylic acids is 1. The van der Waals surface area contributed by atoms with E-state index < -0.39 is 10.0 Å². The van der Waals surface area contributed by atoms with Crippen molar-refractivity contribution in [2.45, 2.75) is 38.1 Å². The molecule has 0 aliphatic carbocycles. The van der Waals surface area contributed by atoms with Crippen molar-refractivity contribution in [3.8, 4) is 0 Å². The van der Waals surface area contributed by atoms with Crippen LogP contribution in [0.3, 0.4) is 0 Å². The summed E-state index contributed by atoms with van der Waals surface area (Å²) in [5.74, 6) is -0.402. The van der Waals surface area contributed by atoms with Gasteiger partial charge in [0.2, 0.25) is 10.0 Å². The van der Waals surface area contributed by atoms with Gasteiger partial charge in [-0.3, -0.25) is 4.79 Å². The Morgan fingerprint density at radius 1 is 1.10 bits per heavy atom. The number of piperidine rings is 1. The highest BCUT2D eigenvalue weighted by Crippen LogP contribution is 2.25. The molecule has 0 bridgehead atoms. The molecule has 30 heavy (non-hydrogen) atoms. The molecule has 158 valence electrons. The molecule has 1 saturated heterocycles. The second kappa shape index (κ2) is 8.45. The van der Waals surface area contributed by atoms with Crippen LogP contribution in [0.5, 0.6) is 0 Å². The molecule has 3 aromatic rings. The van der Waals surface area contributed by atoms with E-state index in [4.69, 9.17) is 0 Å². The number of para-hydroxylation sites is 1. The lowest BCUT2D eigenvalue weighted by Crippen LogP contribution is -2.40. The summed E-state index contributed by atoms with van der Waals surface area (Å²) in [5.41, 5.74) is 2.10. The molecule has 0 spiro atoms. The van der Waals surface area contributed by atoms with Crippen molar-refractivity contribution in [1.82, 2.24) is 8.87 Å². The first-order valence-corrected chi connectivity index (χ1v) is 12.4. The molecule has 1 fully saturated rings. The highest BCUT2D eigenvalue weighted by molar-refractivity contribution is 7.89.